The van der Waals surface area contributed by atoms with Gasteiger partial charge in [-0.1, -0.05) is 6.92 Å². The highest BCUT2D eigenvalue weighted by atomic mass is 16.6. The average Bonchev–Trinajstić information content (AvgIpc) is 2.16. The lowest BCUT2D eigenvalue weighted by molar-refractivity contribution is -0.394. The first-order chi connectivity index (χ1) is 6.97. The molecule has 0 radical (unpaired) electrons. The van der Waals surface area contributed by atoms with Gasteiger partial charge in [0, 0.05) is 11.8 Å². The normalized spacial score (nSPS) is 9.93. The largest absolute Gasteiger partial charge is 0.398 e. The summed E-state index contributed by atoms with van der Waals surface area (Å²) >= 11 is 0. The molecule has 0 saturated carbocycles. The number of hydrogen-bond donors (Lipinski definition) is 1. The van der Waals surface area contributed by atoms with Crippen LogP contribution in [-0.4, -0.2) is 9.85 Å². The van der Waals surface area contributed by atoms with Crippen molar-refractivity contribution >= 4 is 17.1 Å². The van der Waals surface area contributed by atoms with Crippen molar-refractivity contribution in [1.29, 1.82) is 0 Å². The maximum Gasteiger partial charge on any atom is 0.281 e. The Bertz CT molecular complexity index is 430. The molecule has 1 aromatic rings. The van der Waals surface area contributed by atoms with Crippen LogP contribution in [0.1, 0.15) is 12.5 Å². The second-order valence-corrected chi connectivity index (χ2v) is 2.90. The van der Waals surface area contributed by atoms with Crippen LogP contribution in [0.5, 0.6) is 0 Å². The van der Waals surface area contributed by atoms with Crippen molar-refractivity contribution in [2.45, 2.75) is 13.3 Å². The van der Waals surface area contributed by atoms with E-state index in [1.807, 2.05) is 0 Å². The lowest BCUT2D eigenvalue weighted by atomic mass is 10.1. The number of rotatable bonds is 3. The maximum atomic E-state index is 10.6. The summed E-state index contributed by atoms with van der Waals surface area (Å²) in [6.45, 7) is 1.70. The molecule has 15 heavy (non-hydrogen) atoms. The number of nitrogens with two attached hydrogens (primary N) is 1. The smallest absolute Gasteiger partial charge is 0.281 e. The standard InChI is InChI=1S/C8H9N3O4/c1-2-6-7(9)3-5(10(12)13)4-8(6)11(14)15/h3-4H,2,9H2,1H3. The summed E-state index contributed by atoms with van der Waals surface area (Å²) in [6.07, 6.45) is 0.361. The summed E-state index contributed by atoms with van der Waals surface area (Å²) in [5, 5.41) is 21.1. The Labute approximate surface area is 84.8 Å². The minimum atomic E-state index is -0.706. The van der Waals surface area contributed by atoms with Gasteiger partial charge in [-0.2, -0.15) is 0 Å². The predicted molar refractivity (Wildman–Crippen MR) is 53.5 cm³/mol. The number of nitro benzene ring substituents is 2. The second-order valence-electron chi connectivity index (χ2n) is 2.90. The first-order valence-corrected chi connectivity index (χ1v) is 4.18. The van der Waals surface area contributed by atoms with Crippen LogP contribution in [0.2, 0.25) is 0 Å². The van der Waals surface area contributed by atoms with Gasteiger partial charge in [-0.15, -0.1) is 0 Å². The fourth-order valence-corrected chi connectivity index (χ4v) is 1.32. The molecule has 0 bridgehead atoms. The third kappa shape index (κ3) is 2.01. The first-order valence-electron chi connectivity index (χ1n) is 4.18. The van der Waals surface area contributed by atoms with Crippen molar-refractivity contribution in [3.05, 3.63) is 37.9 Å². The zero-order valence-electron chi connectivity index (χ0n) is 7.97. The van der Waals surface area contributed by atoms with Gasteiger partial charge in [0.25, 0.3) is 11.4 Å². The van der Waals surface area contributed by atoms with E-state index in [4.69, 9.17) is 5.73 Å². The van der Waals surface area contributed by atoms with Crippen LogP contribution in [0, 0.1) is 20.2 Å². The molecule has 0 atom stereocenters. The number of benzene rings is 1. The molecular formula is C8H9N3O4. The van der Waals surface area contributed by atoms with Gasteiger partial charge in [-0.3, -0.25) is 20.2 Å². The molecule has 0 spiro atoms. The van der Waals surface area contributed by atoms with Crippen LogP contribution >= 0.6 is 0 Å². The van der Waals surface area contributed by atoms with Gasteiger partial charge < -0.3 is 5.73 Å². The Morgan fingerprint density at radius 1 is 1.27 bits per heavy atom. The number of non-ortho nitro benzene ring substituents is 1. The molecule has 0 fully saturated rings. The third-order valence-electron chi connectivity index (χ3n) is 2.01. The molecule has 0 aliphatic carbocycles. The van der Waals surface area contributed by atoms with Crippen molar-refractivity contribution in [2.75, 3.05) is 5.73 Å². The third-order valence-corrected chi connectivity index (χ3v) is 2.01. The van der Waals surface area contributed by atoms with Crippen molar-refractivity contribution < 1.29 is 9.85 Å². The van der Waals surface area contributed by atoms with E-state index in [2.05, 4.69) is 0 Å². The molecule has 7 heteroatoms. The summed E-state index contributed by atoms with van der Waals surface area (Å²) in [5.41, 5.74) is 5.24. The number of anilines is 1. The lowest BCUT2D eigenvalue weighted by Crippen LogP contribution is -2.01. The van der Waals surface area contributed by atoms with E-state index >= 15 is 0 Å². The van der Waals surface area contributed by atoms with Crippen LogP contribution < -0.4 is 5.73 Å². The van der Waals surface area contributed by atoms with Crippen LogP contribution in [0.25, 0.3) is 0 Å². The molecule has 80 valence electrons. The highest BCUT2D eigenvalue weighted by Crippen LogP contribution is 2.30. The van der Waals surface area contributed by atoms with E-state index in [1.165, 1.54) is 0 Å². The molecule has 0 unspecified atom stereocenters. The molecule has 2 N–H and O–H groups in total. The van der Waals surface area contributed by atoms with Crippen molar-refractivity contribution in [2.24, 2.45) is 0 Å². The van der Waals surface area contributed by atoms with Crippen LogP contribution in [0.15, 0.2) is 12.1 Å². The number of nitrogen functional groups attached to an aromatic ring is 1. The van der Waals surface area contributed by atoms with Crippen LogP contribution in [0.4, 0.5) is 17.1 Å². The molecule has 0 heterocycles. The van der Waals surface area contributed by atoms with E-state index < -0.39 is 9.85 Å². The first kappa shape index (κ1) is 10.9. The van der Waals surface area contributed by atoms with Gasteiger partial charge >= 0.3 is 0 Å². The van der Waals surface area contributed by atoms with Gasteiger partial charge in [0.2, 0.25) is 0 Å². The molecule has 0 aromatic heterocycles. The minimum Gasteiger partial charge on any atom is -0.398 e. The Kier molecular flexibility index (Phi) is 2.84. The van der Waals surface area contributed by atoms with E-state index in [0.717, 1.165) is 12.1 Å². The molecule has 1 aromatic carbocycles. The molecule has 7 nitrogen and oxygen atoms in total. The molecule has 0 aliphatic rings. The van der Waals surface area contributed by atoms with E-state index in [-0.39, 0.29) is 17.1 Å². The van der Waals surface area contributed by atoms with Gasteiger partial charge in [-0.05, 0) is 6.42 Å². The lowest BCUT2D eigenvalue weighted by Gasteiger charge is -2.03. The molecular weight excluding hydrogens is 202 g/mol. The van der Waals surface area contributed by atoms with Crippen molar-refractivity contribution in [3.63, 3.8) is 0 Å². The fourth-order valence-electron chi connectivity index (χ4n) is 1.32. The van der Waals surface area contributed by atoms with E-state index in [1.54, 1.807) is 6.92 Å². The monoisotopic (exact) mass is 211 g/mol. The molecule has 0 amide bonds. The van der Waals surface area contributed by atoms with Crippen LogP contribution in [-0.2, 0) is 6.42 Å². The predicted octanol–water partition coefficient (Wildman–Crippen LogP) is 1.65. The molecule has 1 rings (SSSR count). The van der Waals surface area contributed by atoms with E-state index in [0.29, 0.717) is 12.0 Å². The molecule has 0 aliphatic heterocycles. The Balaban J connectivity index is 3.45. The quantitative estimate of drug-likeness (QED) is 0.464. The number of nitrogens with zero attached hydrogens (tertiary/aromatic N) is 2. The van der Waals surface area contributed by atoms with Crippen molar-refractivity contribution in [1.82, 2.24) is 0 Å². The SMILES string of the molecule is CCc1c(N)cc([N+](=O)[O-])cc1[N+](=O)[O-]. The summed E-state index contributed by atoms with van der Waals surface area (Å²) in [5.74, 6) is 0. The Hall–Kier alpha value is -2.18. The number of nitro groups is 2. The van der Waals surface area contributed by atoms with Gasteiger partial charge in [0.05, 0.1) is 21.5 Å². The fraction of sp³-hybridized carbons (Fsp3) is 0.250. The topological polar surface area (TPSA) is 112 Å². The van der Waals surface area contributed by atoms with Gasteiger partial charge in [0.1, 0.15) is 0 Å². The van der Waals surface area contributed by atoms with E-state index in [9.17, 15) is 20.2 Å². The average molecular weight is 211 g/mol. The molecule has 0 saturated heterocycles. The Morgan fingerprint density at radius 2 is 1.87 bits per heavy atom. The zero-order valence-corrected chi connectivity index (χ0v) is 7.97. The highest BCUT2D eigenvalue weighted by molar-refractivity contribution is 5.63. The van der Waals surface area contributed by atoms with Gasteiger partial charge in [-0.25, -0.2) is 0 Å². The Morgan fingerprint density at radius 3 is 2.27 bits per heavy atom. The zero-order chi connectivity index (χ0) is 11.6. The number of hydrogen-bond acceptors (Lipinski definition) is 5. The summed E-state index contributed by atoms with van der Waals surface area (Å²) in [7, 11) is 0. The highest BCUT2D eigenvalue weighted by Gasteiger charge is 2.21. The maximum absolute atomic E-state index is 10.6. The van der Waals surface area contributed by atoms with Gasteiger partial charge in [0.15, 0.2) is 0 Å². The summed E-state index contributed by atoms with van der Waals surface area (Å²) < 4.78 is 0. The van der Waals surface area contributed by atoms with Crippen LogP contribution in [0.3, 0.4) is 0 Å². The second kappa shape index (κ2) is 3.91. The minimum absolute atomic E-state index is 0.0819. The van der Waals surface area contributed by atoms with Crippen molar-refractivity contribution in [3.8, 4) is 0 Å². The summed E-state index contributed by atoms with van der Waals surface area (Å²) in [6, 6.07) is 2.06. The summed E-state index contributed by atoms with van der Waals surface area (Å²) in [4.78, 5) is 19.7.